The lowest BCUT2D eigenvalue weighted by atomic mass is 10.1. The summed E-state index contributed by atoms with van der Waals surface area (Å²) in [4.78, 5) is 24.1. The molecule has 2 unspecified atom stereocenters. The normalized spacial score (nSPS) is 13.0. The second-order valence-electron chi connectivity index (χ2n) is 5.49. The Morgan fingerprint density at radius 1 is 0.708 bits per heavy atom. The zero-order valence-electron chi connectivity index (χ0n) is 13.3. The molecule has 0 aliphatic rings. The summed E-state index contributed by atoms with van der Waals surface area (Å²) in [6, 6.07) is 14.7. The molecule has 0 bridgehead atoms. The van der Waals surface area contributed by atoms with Crippen LogP contribution in [0.1, 0.15) is 37.1 Å². The average Bonchev–Trinajstić information content (AvgIpc) is 2.55. The van der Waals surface area contributed by atoms with Gasteiger partial charge >= 0.3 is 11.8 Å². The minimum absolute atomic E-state index is 0.251. The summed E-state index contributed by atoms with van der Waals surface area (Å²) in [6.07, 6.45) is 0. The quantitative estimate of drug-likeness (QED) is 0.679. The van der Waals surface area contributed by atoms with Crippen LogP contribution in [0.3, 0.4) is 0 Å². The minimum atomic E-state index is -0.644. The number of halogens is 2. The van der Waals surface area contributed by atoms with Crippen molar-refractivity contribution in [3.63, 3.8) is 0 Å². The van der Waals surface area contributed by atoms with Crippen molar-refractivity contribution in [2.75, 3.05) is 0 Å². The Kier molecular flexibility index (Phi) is 6.57. The van der Waals surface area contributed by atoms with Gasteiger partial charge in [-0.2, -0.15) is 0 Å². The van der Waals surface area contributed by atoms with Gasteiger partial charge in [-0.1, -0.05) is 56.1 Å². The van der Waals surface area contributed by atoms with Crippen molar-refractivity contribution >= 4 is 43.7 Å². The van der Waals surface area contributed by atoms with E-state index in [1.165, 1.54) is 0 Å². The Labute approximate surface area is 158 Å². The van der Waals surface area contributed by atoms with Gasteiger partial charge in [-0.15, -0.1) is 0 Å². The van der Waals surface area contributed by atoms with E-state index in [1.54, 1.807) is 0 Å². The number of hydrogen-bond acceptors (Lipinski definition) is 2. The fraction of sp³-hybridized carbons (Fsp3) is 0.222. The van der Waals surface area contributed by atoms with Gasteiger partial charge in [0, 0.05) is 8.95 Å². The van der Waals surface area contributed by atoms with E-state index in [1.807, 2.05) is 62.4 Å². The van der Waals surface area contributed by atoms with Crippen LogP contribution < -0.4 is 10.6 Å². The molecule has 4 nitrogen and oxygen atoms in total. The van der Waals surface area contributed by atoms with Crippen LogP contribution in [0, 0.1) is 0 Å². The van der Waals surface area contributed by atoms with Crippen LogP contribution in [0.4, 0.5) is 0 Å². The maximum absolute atomic E-state index is 12.1. The van der Waals surface area contributed by atoms with Crippen LogP contribution in [0.5, 0.6) is 0 Å². The molecule has 0 saturated heterocycles. The third-order valence-corrected chi connectivity index (χ3v) is 4.70. The monoisotopic (exact) mass is 452 g/mol. The molecule has 0 fully saturated rings. The van der Waals surface area contributed by atoms with Crippen molar-refractivity contribution in [2.24, 2.45) is 0 Å². The lowest BCUT2D eigenvalue weighted by molar-refractivity contribution is -0.140. The van der Waals surface area contributed by atoms with Crippen LogP contribution in [0.15, 0.2) is 57.5 Å². The largest absolute Gasteiger partial charge is 0.341 e. The number of carbonyl (C=O) groups excluding carboxylic acids is 2. The molecule has 2 aromatic rings. The molecule has 126 valence electrons. The number of carbonyl (C=O) groups is 2. The summed E-state index contributed by atoms with van der Waals surface area (Å²) in [6.45, 7) is 3.68. The smallest absolute Gasteiger partial charge is 0.309 e. The Morgan fingerprint density at radius 2 is 1.00 bits per heavy atom. The summed E-state index contributed by atoms with van der Waals surface area (Å²) < 4.78 is 1.93. The molecule has 2 atom stereocenters. The Morgan fingerprint density at radius 3 is 1.29 bits per heavy atom. The maximum Gasteiger partial charge on any atom is 0.309 e. The van der Waals surface area contributed by atoms with E-state index in [4.69, 9.17) is 0 Å². The number of rotatable bonds is 4. The third-order valence-electron chi connectivity index (χ3n) is 3.64. The van der Waals surface area contributed by atoms with Crippen molar-refractivity contribution in [3.8, 4) is 0 Å². The molecule has 0 saturated carbocycles. The summed E-state index contributed by atoms with van der Waals surface area (Å²) in [7, 11) is 0. The SMILES string of the molecule is CC(NC(=O)C(=O)NC(C)c1ccc(Br)cc1)c1ccc(Br)cc1. The highest BCUT2D eigenvalue weighted by Crippen LogP contribution is 2.17. The summed E-state index contributed by atoms with van der Waals surface area (Å²) in [5, 5.41) is 5.42. The third kappa shape index (κ3) is 5.18. The van der Waals surface area contributed by atoms with Crippen molar-refractivity contribution in [1.29, 1.82) is 0 Å². The Hall–Kier alpha value is -1.66. The molecule has 0 aromatic heterocycles. The predicted molar refractivity (Wildman–Crippen MR) is 101 cm³/mol. The lowest BCUT2D eigenvalue weighted by Gasteiger charge is -2.17. The van der Waals surface area contributed by atoms with Gasteiger partial charge in [0.1, 0.15) is 0 Å². The molecule has 0 aliphatic heterocycles. The van der Waals surface area contributed by atoms with Gasteiger partial charge in [0.05, 0.1) is 12.1 Å². The number of benzene rings is 2. The van der Waals surface area contributed by atoms with E-state index in [0.717, 1.165) is 20.1 Å². The molecule has 2 amide bonds. The van der Waals surface area contributed by atoms with Gasteiger partial charge in [-0.3, -0.25) is 9.59 Å². The number of amides is 2. The van der Waals surface area contributed by atoms with Gasteiger partial charge < -0.3 is 10.6 Å². The summed E-state index contributed by atoms with van der Waals surface area (Å²) >= 11 is 6.74. The highest BCUT2D eigenvalue weighted by Gasteiger charge is 2.19. The Bertz CT molecular complexity index is 651. The summed E-state index contributed by atoms with van der Waals surface area (Å²) in [5.41, 5.74) is 1.86. The molecular weight excluding hydrogens is 436 g/mol. The molecule has 0 aliphatic carbocycles. The van der Waals surface area contributed by atoms with Crippen LogP contribution in [-0.4, -0.2) is 11.8 Å². The van der Waals surface area contributed by atoms with Crippen molar-refractivity contribution in [2.45, 2.75) is 25.9 Å². The standard InChI is InChI=1S/C18H18Br2N2O2/c1-11(13-3-7-15(19)8-4-13)21-17(23)18(24)22-12(2)14-5-9-16(20)10-6-14/h3-12H,1-2H3,(H,21,23)(H,22,24). The van der Waals surface area contributed by atoms with E-state index in [-0.39, 0.29) is 12.1 Å². The van der Waals surface area contributed by atoms with Crippen LogP contribution in [-0.2, 0) is 9.59 Å². The van der Waals surface area contributed by atoms with E-state index in [9.17, 15) is 9.59 Å². The first-order chi connectivity index (χ1) is 11.4. The van der Waals surface area contributed by atoms with Gasteiger partial charge in [-0.05, 0) is 49.2 Å². The molecule has 2 aromatic carbocycles. The fourth-order valence-electron chi connectivity index (χ4n) is 2.19. The first kappa shape index (κ1) is 18.7. The van der Waals surface area contributed by atoms with Crippen LogP contribution in [0.25, 0.3) is 0 Å². The second-order valence-corrected chi connectivity index (χ2v) is 7.32. The highest BCUT2D eigenvalue weighted by molar-refractivity contribution is 9.10. The lowest BCUT2D eigenvalue weighted by Crippen LogP contribution is -2.41. The van der Waals surface area contributed by atoms with Gasteiger partial charge in [0.25, 0.3) is 0 Å². The van der Waals surface area contributed by atoms with Crippen molar-refractivity contribution in [1.82, 2.24) is 10.6 Å². The van der Waals surface area contributed by atoms with E-state index in [2.05, 4.69) is 42.5 Å². The number of hydrogen-bond donors (Lipinski definition) is 2. The van der Waals surface area contributed by atoms with Gasteiger partial charge in [-0.25, -0.2) is 0 Å². The first-order valence-corrected chi connectivity index (χ1v) is 9.07. The van der Waals surface area contributed by atoms with Crippen LogP contribution >= 0.6 is 31.9 Å². The number of nitrogens with one attached hydrogen (secondary N) is 2. The second kappa shape index (κ2) is 8.44. The van der Waals surface area contributed by atoms with E-state index in [0.29, 0.717) is 0 Å². The summed E-state index contributed by atoms with van der Waals surface area (Å²) in [5.74, 6) is -1.29. The Balaban J connectivity index is 1.92. The maximum atomic E-state index is 12.1. The van der Waals surface area contributed by atoms with Gasteiger partial charge in [0.2, 0.25) is 0 Å². The highest BCUT2D eigenvalue weighted by atomic mass is 79.9. The fourth-order valence-corrected chi connectivity index (χ4v) is 2.72. The molecule has 0 spiro atoms. The topological polar surface area (TPSA) is 58.2 Å². The van der Waals surface area contributed by atoms with E-state index < -0.39 is 11.8 Å². The molecule has 0 heterocycles. The average molecular weight is 454 g/mol. The molecule has 2 rings (SSSR count). The first-order valence-electron chi connectivity index (χ1n) is 7.49. The zero-order valence-corrected chi connectivity index (χ0v) is 16.5. The molecule has 0 radical (unpaired) electrons. The molecule has 2 N–H and O–H groups in total. The van der Waals surface area contributed by atoms with E-state index >= 15 is 0 Å². The minimum Gasteiger partial charge on any atom is -0.341 e. The van der Waals surface area contributed by atoms with Gasteiger partial charge in [0.15, 0.2) is 0 Å². The zero-order chi connectivity index (χ0) is 17.7. The predicted octanol–water partition coefficient (Wildman–Crippen LogP) is 4.27. The van der Waals surface area contributed by atoms with Crippen LogP contribution in [0.2, 0.25) is 0 Å². The molecule has 24 heavy (non-hydrogen) atoms. The molecule has 6 heteroatoms. The molecular formula is C18H18Br2N2O2. The van der Waals surface area contributed by atoms with Crippen molar-refractivity contribution in [3.05, 3.63) is 68.6 Å². The van der Waals surface area contributed by atoms with Crippen molar-refractivity contribution < 1.29 is 9.59 Å².